The predicted octanol–water partition coefficient (Wildman–Crippen LogP) is 12.1. The standard InChI is InChI=1S/C54H31BN4/c1-3-15-32(16-4-1)56-46-27-14-28-47-49(46)55(42-31-40-35-20-8-10-24-43(35)58-45-26-12-9-21-39(45)48(51(40)58)53(42)56)41-30-29-38-37-23-13-22-36-34-19-7-11-25-44(34)59(50(36)37)52(38)54(41)57(47)33-17-5-2-6-18-33/h1-31H. The maximum atomic E-state index is 2.58. The SMILES string of the molecule is c1ccc(N2c3cccc4c3B(c3cc5c6ccccc6n6c7ccccc7c(c32)c56)c2ccc3c5cccc6c7ccccc7n(c3c2N4c2ccccc2)c65)cc1. The molecule has 0 unspecified atom stereocenters. The molecule has 2 aliphatic rings. The summed E-state index contributed by atoms with van der Waals surface area (Å²) < 4.78 is 5.09. The normalized spacial score (nSPS) is 13.7. The molecule has 0 atom stereocenters. The highest BCUT2D eigenvalue weighted by atomic mass is 15.2. The Hall–Kier alpha value is -7.76. The second-order valence-electron chi connectivity index (χ2n) is 16.4. The van der Waals surface area contributed by atoms with E-state index in [4.69, 9.17) is 0 Å². The van der Waals surface area contributed by atoms with E-state index in [-0.39, 0.29) is 6.71 Å². The molecule has 0 aliphatic carbocycles. The number of hydrogen-bond donors (Lipinski definition) is 0. The first-order valence-electron chi connectivity index (χ1n) is 20.6. The topological polar surface area (TPSA) is 15.3 Å². The summed E-state index contributed by atoms with van der Waals surface area (Å²) in [6, 6.07) is 70.3. The number of fused-ring (bicyclic) bond motifs is 18. The van der Waals surface area contributed by atoms with E-state index in [1.54, 1.807) is 0 Å². The third-order valence-electron chi connectivity index (χ3n) is 13.7. The van der Waals surface area contributed by atoms with Crippen LogP contribution in [0.5, 0.6) is 0 Å². The third-order valence-corrected chi connectivity index (χ3v) is 13.7. The van der Waals surface area contributed by atoms with Crippen LogP contribution in [0.15, 0.2) is 188 Å². The molecule has 15 rings (SSSR count). The minimum atomic E-state index is -0.0343. The predicted molar refractivity (Wildman–Crippen MR) is 250 cm³/mol. The molecule has 0 radical (unpaired) electrons. The van der Waals surface area contributed by atoms with Gasteiger partial charge in [0, 0.05) is 65.8 Å². The van der Waals surface area contributed by atoms with E-state index in [0.717, 1.165) is 11.4 Å². The lowest BCUT2D eigenvalue weighted by Crippen LogP contribution is -2.61. The molecule has 4 nitrogen and oxygen atoms in total. The van der Waals surface area contributed by atoms with Gasteiger partial charge in [-0.25, -0.2) is 0 Å². The van der Waals surface area contributed by atoms with Gasteiger partial charge in [-0.3, -0.25) is 0 Å². The number of rotatable bonds is 2. The van der Waals surface area contributed by atoms with Gasteiger partial charge in [-0.1, -0.05) is 133 Å². The van der Waals surface area contributed by atoms with Crippen molar-refractivity contribution in [2.45, 2.75) is 0 Å². The first-order valence-corrected chi connectivity index (χ1v) is 20.6. The number of nitrogens with zero attached hydrogens (tertiary/aromatic N) is 4. The Morgan fingerprint density at radius 1 is 0.322 bits per heavy atom. The third kappa shape index (κ3) is 3.52. The van der Waals surface area contributed by atoms with Crippen LogP contribution < -0.4 is 26.2 Å². The molecule has 9 aromatic carbocycles. The Bertz CT molecular complexity index is 3920. The molecule has 59 heavy (non-hydrogen) atoms. The molecule has 4 aromatic heterocycles. The summed E-state index contributed by atoms with van der Waals surface area (Å²) in [5.74, 6) is 0. The molecule has 0 saturated carbocycles. The van der Waals surface area contributed by atoms with Crippen LogP contribution in [0.4, 0.5) is 34.1 Å². The van der Waals surface area contributed by atoms with Gasteiger partial charge in [0.1, 0.15) is 0 Å². The molecule has 5 heteroatoms. The lowest BCUT2D eigenvalue weighted by atomic mass is 9.33. The Morgan fingerprint density at radius 3 is 1.53 bits per heavy atom. The fraction of sp³-hybridized carbons (Fsp3) is 0. The van der Waals surface area contributed by atoms with Crippen molar-refractivity contribution in [3.8, 4) is 0 Å². The van der Waals surface area contributed by atoms with E-state index in [0.29, 0.717) is 0 Å². The molecular weight excluding hydrogens is 715 g/mol. The molecule has 0 bridgehead atoms. The summed E-state index contributed by atoms with van der Waals surface area (Å²) in [4.78, 5) is 5.15. The highest BCUT2D eigenvalue weighted by molar-refractivity contribution is 7.01. The molecule has 0 N–H and O–H groups in total. The highest BCUT2D eigenvalue weighted by Crippen LogP contribution is 2.52. The molecule has 2 aliphatic heterocycles. The smallest absolute Gasteiger partial charge is 0.252 e. The van der Waals surface area contributed by atoms with Gasteiger partial charge in [-0.2, -0.15) is 0 Å². The van der Waals surface area contributed by atoms with Gasteiger partial charge in [0.25, 0.3) is 6.71 Å². The zero-order chi connectivity index (χ0) is 38.1. The van der Waals surface area contributed by atoms with Crippen LogP contribution in [-0.2, 0) is 0 Å². The molecule has 6 heterocycles. The molecule has 13 aromatic rings. The Morgan fingerprint density at radius 2 is 0.831 bits per heavy atom. The minimum Gasteiger partial charge on any atom is -0.311 e. The average Bonchev–Trinajstić information content (AvgIpc) is 4.03. The summed E-state index contributed by atoms with van der Waals surface area (Å²) >= 11 is 0. The Labute approximate surface area is 338 Å². The lowest BCUT2D eigenvalue weighted by molar-refractivity contribution is 1.25. The second kappa shape index (κ2) is 10.6. The van der Waals surface area contributed by atoms with Gasteiger partial charge >= 0.3 is 0 Å². The van der Waals surface area contributed by atoms with Crippen LogP contribution in [0, 0.1) is 0 Å². The van der Waals surface area contributed by atoms with Crippen LogP contribution >= 0.6 is 0 Å². The molecular formula is C54H31BN4. The molecule has 0 fully saturated rings. The van der Waals surface area contributed by atoms with Crippen LogP contribution in [0.25, 0.3) is 76.2 Å². The van der Waals surface area contributed by atoms with E-state index < -0.39 is 0 Å². The van der Waals surface area contributed by atoms with E-state index in [2.05, 4.69) is 207 Å². The van der Waals surface area contributed by atoms with E-state index in [1.807, 2.05) is 0 Å². The lowest BCUT2D eigenvalue weighted by Gasteiger charge is -2.44. The van der Waals surface area contributed by atoms with Crippen molar-refractivity contribution < 1.29 is 0 Å². The monoisotopic (exact) mass is 746 g/mol. The van der Waals surface area contributed by atoms with Crippen molar-refractivity contribution in [2.24, 2.45) is 0 Å². The quantitative estimate of drug-likeness (QED) is 0.164. The van der Waals surface area contributed by atoms with Gasteiger partial charge in [0.05, 0.1) is 44.5 Å². The van der Waals surface area contributed by atoms with Crippen molar-refractivity contribution in [1.82, 2.24) is 8.80 Å². The largest absolute Gasteiger partial charge is 0.311 e. The van der Waals surface area contributed by atoms with Gasteiger partial charge in [0.15, 0.2) is 0 Å². The number of aromatic nitrogens is 2. The van der Waals surface area contributed by atoms with Crippen molar-refractivity contribution in [2.75, 3.05) is 9.80 Å². The second-order valence-corrected chi connectivity index (χ2v) is 16.4. The van der Waals surface area contributed by atoms with Crippen molar-refractivity contribution >= 4 is 133 Å². The van der Waals surface area contributed by atoms with Crippen molar-refractivity contribution in [1.29, 1.82) is 0 Å². The van der Waals surface area contributed by atoms with Crippen LogP contribution in [0.3, 0.4) is 0 Å². The summed E-state index contributed by atoms with van der Waals surface area (Å²) in [5.41, 5.74) is 18.8. The molecule has 270 valence electrons. The van der Waals surface area contributed by atoms with E-state index in [1.165, 1.54) is 115 Å². The Kier molecular flexibility index (Phi) is 5.46. The first-order chi connectivity index (χ1) is 29.3. The number of hydrogen-bond acceptors (Lipinski definition) is 2. The summed E-state index contributed by atoms with van der Waals surface area (Å²) in [6.07, 6.45) is 0. The van der Waals surface area contributed by atoms with Crippen LogP contribution in [0.1, 0.15) is 0 Å². The first kappa shape index (κ1) is 30.4. The average molecular weight is 747 g/mol. The van der Waals surface area contributed by atoms with E-state index in [9.17, 15) is 0 Å². The fourth-order valence-corrected chi connectivity index (χ4v) is 11.6. The highest BCUT2D eigenvalue weighted by Gasteiger charge is 2.46. The zero-order valence-corrected chi connectivity index (χ0v) is 31.8. The van der Waals surface area contributed by atoms with Gasteiger partial charge in [0.2, 0.25) is 0 Å². The molecule has 0 spiro atoms. The summed E-state index contributed by atoms with van der Waals surface area (Å²) in [7, 11) is 0. The number of anilines is 6. The minimum absolute atomic E-state index is 0.0343. The molecule has 0 amide bonds. The Balaban J connectivity index is 1.18. The van der Waals surface area contributed by atoms with Gasteiger partial charge < -0.3 is 18.6 Å². The zero-order valence-electron chi connectivity index (χ0n) is 31.8. The van der Waals surface area contributed by atoms with Crippen molar-refractivity contribution in [3.63, 3.8) is 0 Å². The number of benzene rings is 9. The van der Waals surface area contributed by atoms with E-state index >= 15 is 0 Å². The van der Waals surface area contributed by atoms with Crippen LogP contribution in [-0.4, -0.2) is 15.5 Å². The van der Waals surface area contributed by atoms with Gasteiger partial charge in [-0.15, -0.1) is 0 Å². The maximum Gasteiger partial charge on any atom is 0.252 e. The maximum absolute atomic E-state index is 2.58. The van der Waals surface area contributed by atoms with Crippen LogP contribution in [0.2, 0.25) is 0 Å². The summed E-state index contributed by atoms with van der Waals surface area (Å²) in [6.45, 7) is -0.0343. The van der Waals surface area contributed by atoms with Gasteiger partial charge in [-0.05, 0) is 71.0 Å². The fourth-order valence-electron chi connectivity index (χ4n) is 11.6. The molecule has 0 saturated heterocycles. The summed E-state index contributed by atoms with van der Waals surface area (Å²) in [5, 5.41) is 10.4. The van der Waals surface area contributed by atoms with Crippen molar-refractivity contribution in [3.05, 3.63) is 188 Å². The number of para-hydroxylation sites is 6.